The SMILES string of the molecule is O=Nc1cccc(C(=O)Nc2c(Br)cc(C(F)(C(F)(F)F)C(F)(F)F)cc2Br)c1F. The van der Waals surface area contributed by atoms with E-state index in [9.17, 15) is 44.8 Å². The van der Waals surface area contributed by atoms with Crippen LogP contribution in [0.3, 0.4) is 0 Å². The Balaban J connectivity index is 2.52. The molecule has 162 valence electrons. The molecular formula is C16H6Br2F8N2O2. The monoisotopic (exact) mass is 568 g/mol. The van der Waals surface area contributed by atoms with Crippen LogP contribution in [0.5, 0.6) is 0 Å². The predicted molar refractivity (Wildman–Crippen MR) is 96.5 cm³/mol. The minimum Gasteiger partial charge on any atom is -0.320 e. The first kappa shape index (κ1) is 24.2. The van der Waals surface area contributed by atoms with Gasteiger partial charge >= 0.3 is 18.0 Å². The maximum absolute atomic E-state index is 14.2. The van der Waals surface area contributed by atoms with Gasteiger partial charge in [0.2, 0.25) is 0 Å². The average molecular weight is 570 g/mol. The van der Waals surface area contributed by atoms with Crippen LogP contribution in [0.1, 0.15) is 15.9 Å². The molecule has 1 amide bonds. The van der Waals surface area contributed by atoms with Crippen molar-refractivity contribution in [2.75, 3.05) is 5.32 Å². The van der Waals surface area contributed by atoms with Crippen LogP contribution >= 0.6 is 31.9 Å². The standard InChI is InChI=1S/C16H6Br2F8N2O2/c17-8-4-6(14(20,15(21,22)23)16(24,25)26)5-9(18)12(8)27-13(29)7-2-1-3-10(28-30)11(7)19/h1-5H,(H,27,29). The number of benzene rings is 2. The van der Waals surface area contributed by atoms with Gasteiger partial charge in [0.15, 0.2) is 5.82 Å². The van der Waals surface area contributed by atoms with E-state index >= 15 is 0 Å². The number of hydrogen-bond donors (Lipinski definition) is 1. The number of carbonyl (C=O) groups excluding carboxylic acids is 1. The largest absolute Gasteiger partial charge is 0.435 e. The first-order chi connectivity index (χ1) is 13.6. The summed E-state index contributed by atoms with van der Waals surface area (Å²) in [5.41, 5.74) is -9.30. The molecule has 2 aromatic rings. The highest BCUT2D eigenvalue weighted by Gasteiger charge is 2.73. The number of anilines is 1. The van der Waals surface area contributed by atoms with Gasteiger partial charge < -0.3 is 5.32 Å². The van der Waals surface area contributed by atoms with Crippen molar-refractivity contribution in [1.82, 2.24) is 0 Å². The molecular weight excluding hydrogens is 564 g/mol. The van der Waals surface area contributed by atoms with Crippen LogP contribution in [0.2, 0.25) is 0 Å². The molecule has 0 radical (unpaired) electrons. The first-order valence-electron chi connectivity index (χ1n) is 7.40. The van der Waals surface area contributed by atoms with Crippen molar-refractivity contribution in [3.8, 4) is 0 Å². The zero-order valence-electron chi connectivity index (χ0n) is 13.9. The van der Waals surface area contributed by atoms with Gasteiger partial charge in [0, 0.05) is 14.5 Å². The quantitative estimate of drug-likeness (QED) is 0.310. The third kappa shape index (κ3) is 4.19. The summed E-state index contributed by atoms with van der Waals surface area (Å²) >= 11 is 5.33. The number of carbonyl (C=O) groups is 1. The van der Waals surface area contributed by atoms with Crippen molar-refractivity contribution in [3.05, 3.63) is 61.1 Å². The smallest absolute Gasteiger partial charge is 0.320 e. The van der Waals surface area contributed by atoms with Crippen molar-refractivity contribution in [3.63, 3.8) is 0 Å². The molecule has 0 aliphatic heterocycles. The van der Waals surface area contributed by atoms with E-state index in [1.807, 2.05) is 5.32 Å². The highest BCUT2D eigenvalue weighted by Crippen LogP contribution is 2.54. The van der Waals surface area contributed by atoms with E-state index in [1.54, 1.807) is 0 Å². The van der Waals surface area contributed by atoms with E-state index in [0.29, 0.717) is 0 Å². The summed E-state index contributed by atoms with van der Waals surface area (Å²) < 4.78 is 105. The van der Waals surface area contributed by atoms with Crippen molar-refractivity contribution in [2.45, 2.75) is 18.0 Å². The lowest BCUT2D eigenvalue weighted by Gasteiger charge is -2.31. The second-order valence-electron chi connectivity index (χ2n) is 5.65. The number of nitroso groups, excluding NO2 is 1. The molecule has 0 aromatic heterocycles. The van der Waals surface area contributed by atoms with E-state index in [4.69, 9.17) is 0 Å². The van der Waals surface area contributed by atoms with Gasteiger partial charge in [-0.2, -0.15) is 26.3 Å². The topological polar surface area (TPSA) is 58.5 Å². The maximum Gasteiger partial charge on any atom is 0.435 e. The molecule has 1 N–H and O–H groups in total. The Morgan fingerprint density at radius 2 is 1.43 bits per heavy atom. The van der Waals surface area contributed by atoms with Gasteiger partial charge in [-0.05, 0) is 61.3 Å². The zero-order valence-corrected chi connectivity index (χ0v) is 17.1. The van der Waals surface area contributed by atoms with E-state index < -0.39 is 61.2 Å². The number of nitrogens with one attached hydrogen (secondary N) is 1. The third-order valence-electron chi connectivity index (χ3n) is 3.78. The molecule has 0 spiro atoms. The van der Waals surface area contributed by atoms with Gasteiger partial charge in [0.25, 0.3) is 5.91 Å². The Morgan fingerprint density at radius 3 is 1.87 bits per heavy atom. The number of nitrogens with zero attached hydrogens (tertiary/aromatic N) is 1. The summed E-state index contributed by atoms with van der Waals surface area (Å²) in [6.07, 6.45) is -12.7. The Kier molecular flexibility index (Phi) is 6.62. The Bertz CT molecular complexity index is 971. The third-order valence-corrected chi connectivity index (χ3v) is 5.03. The van der Waals surface area contributed by atoms with Crippen LogP contribution in [0.25, 0.3) is 0 Å². The molecule has 0 aliphatic carbocycles. The second kappa shape index (κ2) is 8.21. The fourth-order valence-corrected chi connectivity index (χ4v) is 3.71. The van der Waals surface area contributed by atoms with Crippen LogP contribution in [-0.4, -0.2) is 18.3 Å². The normalized spacial score (nSPS) is 12.6. The Hall–Kier alpha value is -2.09. The molecule has 0 saturated heterocycles. The summed E-state index contributed by atoms with van der Waals surface area (Å²) in [5.74, 6) is -2.50. The van der Waals surface area contributed by atoms with Crippen LogP contribution in [0.4, 0.5) is 46.5 Å². The molecule has 0 heterocycles. The number of alkyl halides is 7. The fourth-order valence-electron chi connectivity index (χ4n) is 2.33. The molecule has 0 saturated carbocycles. The van der Waals surface area contributed by atoms with E-state index in [1.165, 1.54) is 0 Å². The Morgan fingerprint density at radius 1 is 0.933 bits per heavy atom. The summed E-state index contributed by atoms with van der Waals surface area (Å²) in [5, 5.41) is 4.40. The Labute approximate surface area is 178 Å². The summed E-state index contributed by atoms with van der Waals surface area (Å²) in [6.45, 7) is 0. The molecule has 0 atom stereocenters. The highest BCUT2D eigenvalue weighted by atomic mass is 79.9. The van der Waals surface area contributed by atoms with E-state index in [0.717, 1.165) is 18.2 Å². The van der Waals surface area contributed by atoms with E-state index in [2.05, 4.69) is 37.0 Å². The van der Waals surface area contributed by atoms with Crippen LogP contribution in [0, 0.1) is 10.7 Å². The van der Waals surface area contributed by atoms with Crippen molar-refractivity contribution >= 4 is 49.1 Å². The van der Waals surface area contributed by atoms with Gasteiger partial charge in [-0.1, -0.05) is 6.07 Å². The molecule has 0 bridgehead atoms. The molecule has 14 heteroatoms. The summed E-state index contributed by atoms with van der Waals surface area (Å²) in [7, 11) is 0. The molecule has 2 rings (SSSR count). The number of amides is 1. The first-order valence-corrected chi connectivity index (χ1v) is 8.98. The second-order valence-corrected chi connectivity index (χ2v) is 7.36. The molecule has 2 aromatic carbocycles. The van der Waals surface area contributed by atoms with Crippen molar-refractivity contribution in [1.29, 1.82) is 0 Å². The fraction of sp³-hybridized carbons (Fsp3) is 0.188. The minimum atomic E-state index is -6.33. The molecule has 4 nitrogen and oxygen atoms in total. The van der Waals surface area contributed by atoms with Crippen LogP contribution in [-0.2, 0) is 5.67 Å². The lowest BCUT2D eigenvalue weighted by molar-refractivity contribution is -0.348. The van der Waals surface area contributed by atoms with Gasteiger partial charge in [-0.15, -0.1) is 4.91 Å². The molecule has 0 aliphatic rings. The van der Waals surface area contributed by atoms with Crippen molar-refractivity contribution < 1.29 is 39.9 Å². The minimum absolute atomic E-state index is 0.182. The van der Waals surface area contributed by atoms with Crippen LogP contribution in [0.15, 0.2) is 44.5 Å². The molecule has 30 heavy (non-hydrogen) atoms. The molecule has 0 fully saturated rings. The lowest BCUT2D eigenvalue weighted by Crippen LogP contribution is -2.50. The van der Waals surface area contributed by atoms with Gasteiger partial charge in [-0.25, -0.2) is 8.78 Å². The lowest BCUT2D eigenvalue weighted by atomic mass is 9.94. The maximum atomic E-state index is 14.2. The van der Waals surface area contributed by atoms with Gasteiger partial charge in [0.1, 0.15) is 5.69 Å². The average Bonchev–Trinajstić information content (AvgIpc) is 2.61. The van der Waals surface area contributed by atoms with Crippen molar-refractivity contribution in [2.24, 2.45) is 5.18 Å². The summed E-state index contributed by atoms with van der Waals surface area (Å²) in [4.78, 5) is 22.7. The number of hydrogen-bond acceptors (Lipinski definition) is 3. The summed E-state index contributed by atoms with van der Waals surface area (Å²) in [6, 6.07) is 3.40. The number of halogens is 10. The predicted octanol–water partition coefficient (Wildman–Crippen LogP) is 7.29. The highest BCUT2D eigenvalue weighted by molar-refractivity contribution is 9.11. The van der Waals surface area contributed by atoms with Gasteiger partial charge in [-0.3, -0.25) is 4.79 Å². The van der Waals surface area contributed by atoms with Gasteiger partial charge in [0.05, 0.1) is 11.3 Å². The van der Waals surface area contributed by atoms with Crippen LogP contribution < -0.4 is 5.32 Å². The zero-order chi connectivity index (χ0) is 23.1. The number of rotatable bonds is 4. The molecule has 0 unspecified atom stereocenters. The van der Waals surface area contributed by atoms with E-state index in [-0.39, 0.29) is 12.1 Å².